The number of benzene rings is 2. The molecule has 0 N–H and O–H groups in total. The highest BCUT2D eigenvalue weighted by atomic mass is 19.1. The molecule has 0 atom stereocenters. The molecule has 1 aliphatic heterocycles. The summed E-state index contributed by atoms with van der Waals surface area (Å²) in [7, 11) is 0. The second kappa shape index (κ2) is 8.44. The maximum atomic E-state index is 13.0. The predicted molar refractivity (Wildman–Crippen MR) is 95.5 cm³/mol. The van der Waals surface area contributed by atoms with Crippen molar-refractivity contribution >= 4 is 17.8 Å². The molecule has 27 heavy (non-hydrogen) atoms. The van der Waals surface area contributed by atoms with E-state index in [1.807, 2.05) is 18.2 Å². The quantitative estimate of drug-likeness (QED) is 0.703. The van der Waals surface area contributed by atoms with Crippen LogP contribution in [0, 0.1) is 5.82 Å². The zero-order valence-electron chi connectivity index (χ0n) is 14.6. The Balaban J connectivity index is 1.58. The fraction of sp³-hybridized carbons (Fsp3) is 0.250. The van der Waals surface area contributed by atoms with Gasteiger partial charge in [-0.1, -0.05) is 30.3 Å². The Hall–Kier alpha value is -3.22. The molecule has 2 aromatic rings. The van der Waals surface area contributed by atoms with Gasteiger partial charge in [0.25, 0.3) is 0 Å². The Morgan fingerprint density at radius 3 is 2.15 bits per heavy atom. The Morgan fingerprint density at radius 2 is 1.48 bits per heavy atom. The van der Waals surface area contributed by atoms with Crippen LogP contribution in [0.25, 0.3) is 0 Å². The largest absolute Gasteiger partial charge is 0.492 e. The van der Waals surface area contributed by atoms with Crippen molar-refractivity contribution in [2.24, 2.45) is 0 Å². The van der Waals surface area contributed by atoms with Crippen molar-refractivity contribution in [1.29, 1.82) is 0 Å². The van der Waals surface area contributed by atoms with Gasteiger partial charge in [-0.25, -0.2) is 9.18 Å². The number of barbiturate groups is 1. The summed E-state index contributed by atoms with van der Waals surface area (Å²) >= 11 is 0. The zero-order chi connectivity index (χ0) is 19.2. The van der Waals surface area contributed by atoms with E-state index < -0.39 is 17.8 Å². The number of ether oxygens (including phenoxy) is 1. The van der Waals surface area contributed by atoms with Crippen molar-refractivity contribution in [3.63, 3.8) is 0 Å². The molecule has 140 valence electrons. The molecule has 2 aromatic carbocycles. The molecule has 0 radical (unpaired) electrons. The smallest absolute Gasteiger partial charge is 0.333 e. The number of urea groups is 1. The van der Waals surface area contributed by atoms with E-state index in [9.17, 15) is 18.8 Å². The van der Waals surface area contributed by atoms with Crippen molar-refractivity contribution in [3.8, 4) is 5.75 Å². The lowest BCUT2D eigenvalue weighted by Crippen LogP contribution is -2.56. The van der Waals surface area contributed by atoms with Crippen molar-refractivity contribution in [2.75, 3.05) is 19.7 Å². The van der Waals surface area contributed by atoms with Gasteiger partial charge in [-0.3, -0.25) is 19.4 Å². The minimum absolute atomic E-state index is 0.0624. The van der Waals surface area contributed by atoms with Crippen molar-refractivity contribution in [1.82, 2.24) is 9.80 Å². The van der Waals surface area contributed by atoms with E-state index >= 15 is 0 Å². The molecule has 1 aliphatic rings. The highest BCUT2D eigenvalue weighted by molar-refractivity contribution is 6.14. The fourth-order valence-corrected chi connectivity index (χ4v) is 2.78. The number of carbonyl (C=O) groups is 3. The number of hydrogen-bond acceptors (Lipinski definition) is 4. The fourth-order valence-electron chi connectivity index (χ4n) is 2.78. The Morgan fingerprint density at radius 1 is 0.852 bits per heavy atom. The Kier molecular flexibility index (Phi) is 5.80. The van der Waals surface area contributed by atoms with Gasteiger partial charge >= 0.3 is 6.03 Å². The molecule has 6 nitrogen and oxygen atoms in total. The van der Waals surface area contributed by atoms with E-state index in [2.05, 4.69) is 0 Å². The maximum absolute atomic E-state index is 13.0. The van der Waals surface area contributed by atoms with Crippen LogP contribution < -0.4 is 4.74 Å². The molecular formula is C20H19FN2O4. The molecule has 0 unspecified atom stereocenters. The number of para-hydroxylation sites is 1. The molecule has 0 bridgehead atoms. The van der Waals surface area contributed by atoms with E-state index in [1.165, 1.54) is 12.1 Å². The van der Waals surface area contributed by atoms with Crippen molar-refractivity contribution < 1.29 is 23.5 Å². The second-order valence-corrected chi connectivity index (χ2v) is 6.09. The van der Waals surface area contributed by atoms with Crippen molar-refractivity contribution in [3.05, 3.63) is 66.0 Å². The van der Waals surface area contributed by atoms with Crippen LogP contribution in [0.5, 0.6) is 5.75 Å². The summed E-state index contributed by atoms with van der Waals surface area (Å²) in [6.07, 6.45) is 0.0425. The number of halogens is 1. The average molecular weight is 370 g/mol. The van der Waals surface area contributed by atoms with Gasteiger partial charge in [-0.15, -0.1) is 0 Å². The summed E-state index contributed by atoms with van der Waals surface area (Å²) in [4.78, 5) is 38.8. The molecule has 0 spiro atoms. The van der Waals surface area contributed by atoms with Crippen LogP contribution in [-0.2, 0) is 16.0 Å². The van der Waals surface area contributed by atoms with E-state index in [1.54, 1.807) is 24.3 Å². The van der Waals surface area contributed by atoms with E-state index in [4.69, 9.17) is 4.74 Å². The molecule has 7 heteroatoms. The SMILES string of the molecule is O=C1CC(=O)N(CCc2ccc(F)cc2)C(=O)N1CCOc1ccccc1. The predicted octanol–water partition coefficient (Wildman–Crippen LogP) is 2.63. The maximum Gasteiger partial charge on any atom is 0.333 e. The minimum Gasteiger partial charge on any atom is -0.492 e. The van der Waals surface area contributed by atoms with E-state index in [-0.39, 0.29) is 31.9 Å². The molecular weight excluding hydrogens is 351 g/mol. The summed E-state index contributed by atoms with van der Waals surface area (Å²) in [5.41, 5.74) is 0.799. The van der Waals surface area contributed by atoms with Gasteiger partial charge in [0.1, 0.15) is 24.6 Å². The van der Waals surface area contributed by atoms with Gasteiger partial charge in [-0.2, -0.15) is 0 Å². The second-order valence-electron chi connectivity index (χ2n) is 6.09. The van der Waals surface area contributed by atoms with Gasteiger partial charge in [0.05, 0.1) is 6.54 Å². The normalized spacial score (nSPS) is 14.6. The van der Waals surface area contributed by atoms with Crippen LogP contribution in [0.4, 0.5) is 9.18 Å². The number of hydrogen-bond donors (Lipinski definition) is 0. The number of carbonyl (C=O) groups excluding carboxylic acids is 3. The number of rotatable bonds is 7. The summed E-state index contributed by atoms with van der Waals surface area (Å²) < 4.78 is 18.5. The van der Waals surface area contributed by atoms with Crippen molar-refractivity contribution in [2.45, 2.75) is 12.8 Å². The van der Waals surface area contributed by atoms with Crippen LogP contribution in [0.15, 0.2) is 54.6 Å². The summed E-state index contributed by atoms with van der Waals surface area (Å²) in [5.74, 6) is -0.759. The van der Waals surface area contributed by atoms with E-state index in [0.29, 0.717) is 12.2 Å². The number of amides is 4. The molecule has 1 fully saturated rings. The summed E-state index contributed by atoms with van der Waals surface area (Å²) in [6, 6.07) is 14.3. The summed E-state index contributed by atoms with van der Waals surface area (Å²) in [6.45, 7) is 0.334. The first-order valence-corrected chi connectivity index (χ1v) is 8.61. The molecule has 4 amide bonds. The molecule has 0 aromatic heterocycles. The first-order chi connectivity index (χ1) is 13.0. The minimum atomic E-state index is -0.643. The molecule has 1 saturated heterocycles. The van der Waals surface area contributed by atoms with Gasteiger partial charge < -0.3 is 4.74 Å². The Labute approximate surface area is 156 Å². The monoisotopic (exact) mass is 370 g/mol. The average Bonchev–Trinajstić information content (AvgIpc) is 2.66. The summed E-state index contributed by atoms with van der Waals surface area (Å²) in [5, 5.41) is 0. The lowest BCUT2D eigenvalue weighted by atomic mass is 10.1. The van der Waals surface area contributed by atoms with Crippen LogP contribution in [0.2, 0.25) is 0 Å². The van der Waals surface area contributed by atoms with Gasteiger partial charge in [0.15, 0.2) is 0 Å². The highest BCUT2D eigenvalue weighted by Gasteiger charge is 2.37. The zero-order valence-corrected chi connectivity index (χ0v) is 14.6. The molecule has 0 saturated carbocycles. The lowest BCUT2D eigenvalue weighted by molar-refractivity contribution is -0.142. The Bertz CT molecular complexity index is 824. The van der Waals surface area contributed by atoms with Crippen LogP contribution in [0.1, 0.15) is 12.0 Å². The van der Waals surface area contributed by atoms with Crippen LogP contribution in [-0.4, -0.2) is 47.3 Å². The molecule has 0 aliphatic carbocycles. The third kappa shape index (κ3) is 4.69. The van der Waals surface area contributed by atoms with Gasteiger partial charge in [0, 0.05) is 6.54 Å². The van der Waals surface area contributed by atoms with Gasteiger partial charge in [0.2, 0.25) is 11.8 Å². The number of nitrogens with zero attached hydrogens (tertiary/aromatic N) is 2. The molecule has 1 heterocycles. The lowest BCUT2D eigenvalue weighted by Gasteiger charge is -2.32. The third-order valence-corrected chi connectivity index (χ3v) is 4.23. The molecule has 3 rings (SSSR count). The van der Waals surface area contributed by atoms with Gasteiger partial charge in [-0.05, 0) is 36.2 Å². The van der Waals surface area contributed by atoms with E-state index in [0.717, 1.165) is 15.4 Å². The first kappa shape index (κ1) is 18.6. The van der Waals surface area contributed by atoms with Crippen LogP contribution in [0.3, 0.4) is 0 Å². The van der Waals surface area contributed by atoms with Crippen LogP contribution >= 0.6 is 0 Å². The third-order valence-electron chi connectivity index (χ3n) is 4.23. The topological polar surface area (TPSA) is 66.9 Å². The first-order valence-electron chi connectivity index (χ1n) is 8.61. The highest BCUT2D eigenvalue weighted by Crippen LogP contribution is 2.15. The number of imide groups is 2. The standard InChI is InChI=1S/C20H19FN2O4/c21-16-8-6-15(7-9-16)10-11-22-18(24)14-19(25)23(20(22)26)12-13-27-17-4-2-1-3-5-17/h1-9H,10-14H2.